The SMILES string of the molecule is CNc1ccc(/C=N/N2CCN(C)CC2)cc1. The van der Waals surface area contributed by atoms with Crippen molar-refractivity contribution in [3.8, 4) is 0 Å². The van der Waals surface area contributed by atoms with Gasteiger partial charge in [0.15, 0.2) is 0 Å². The van der Waals surface area contributed by atoms with Crippen molar-refractivity contribution in [3.05, 3.63) is 29.8 Å². The fraction of sp³-hybridized carbons (Fsp3) is 0.462. The zero-order chi connectivity index (χ0) is 12.1. The van der Waals surface area contributed by atoms with Crippen LogP contribution in [0.1, 0.15) is 5.56 Å². The summed E-state index contributed by atoms with van der Waals surface area (Å²) in [7, 11) is 4.07. The van der Waals surface area contributed by atoms with Gasteiger partial charge in [-0.2, -0.15) is 5.10 Å². The highest BCUT2D eigenvalue weighted by Gasteiger charge is 2.10. The standard InChI is InChI=1S/C13H20N4/c1-14-13-5-3-12(4-6-13)11-15-17-9-7-16(2)8-10-17/h3-6,11,14H,7-10H2,1-2H3/b15-11+. The zero-order valence-corrected chi connectivity index (χ0v) is 10.6. The summed E-state index contributed by atoms with van der Waals surface area (Å²) in [5.74, 6) is 0. The van der Waals surface area contributed by atoms with Crippen molar-refractivity contribution in [1.82, 2.24) is 9.91 Å². The molecule has 1 fully saturated rings. The quantitative estimate of drug-likeness (QED) is 0.797. The van der Waals surface area contributed by atoms with Crippen LogP contribution >= 0.6 is 0 Å². The highest BCUT2D eigenvalue weighted by molar-refractivity contribution is 5.80. The minimum atomic E-state index is 1.02. The van der Waals surface area contributed by atoms with E-state index in [1.54, 1.807) is 0 Å². The Balaban J connectivity index is 1.90. The van der Waals surface area contributed by atoms with Gasteiger partial charge >= 0.3 is 0 Å². The minimum Gasteiger partial charge on any atom is -0.388 e. The van der Waals surface area contributed by atoms with Crippen LogP contribution in [0.4, 0.5) is 5.69 Å². The van der Waals surface area contributed by atoms with Gasteiger partial charge in [-0.1, -0.05) is 12.1 Å². The summed E-state index contributed by atoms with van der Waals surface area (Å²) in [4.78, 5) is 2.33. The van der Waals surface area contributed by atoms with Crippen LogP contribution in [-0.4, -0.2) is 56.4 Å². The lowest BCUT2D eigenvalue weighted by Crippen LogP contribution is -2.41. The molecule has 1 aliphatic heterocycles. The van der Waals surface area contributed by atoms with Crippen molar-refractivity contribution in [2.24, 2.45) is 5.10 Å². The van der Waals surface area contributed by atoms with Crippen LogP contribution in [0.3, 0.4) is 0 Å². The highest BCUT2D eigenvalue weighted by atomic mass is 15.5. The molecule has 4 nitrogen and oxygen atoms in total. The Bertz CT molecular complexity index is 364. The molecule has 1 saturated heterocycles. The molecule has 1 aromatic rings. The molecule has 0 aliphatic carbocycles. The molecule has 0 bridgehead atoms. The molecule has 4 heteroatoms. The molecule has 0 saturated carbocycles. The van der Waals surface area contributed by atoms with Gasteiger partial charge in [-0.05, 0) is 24.7 Å². The molecule has 1 aromatic carbocycles. The van der Waals surface area contributed by atoms with Gasteiger partial charge in [-0.3, -0.25) is 5.01 Å². The molecule has 0 atom stereocenters. The van der Waals surface area contributed by atoms with E-state index in [2.05, 4.69) is 51.6 Å². The molecule has 1 aliphatic rings. The first-order valence-electron chi connectivity index (χ1n) is 6.03. The predicted molar refractivity (Wildman–Crippen MR) is 72.7 cm³/mol. The van der Waals surface area contributed by atoms with E-state index in [9.17, 15) is 0 Å². The van der Waals surface area contributed by atoms with E-state index in [1.165, 1.54) is 0 Å². The number of rotatable bonds is 3. The summed E-state index contributed by atoms with van der Waals surface area (Å²) < 4.78 is 0. The maximum Gasteiger partial charge on any atom is 0.0542 e. The van der Waals surface area contributed by atoms with E-state index >= 15 is 0 Å². The zero-order valence-electron chi connectivity index (χ0n) is 10.6. The Morgan fingerprint density at radius 1 is 1.12 bits per heavy atom. The lowest BCUT2D eigenvalue weighted by molar-refractivity contribution is 0.159. The van der Waals surface area contributed by atoms with Crippen LogP contribution in [0.5, 0.6) is 0 Å². The van der Waals surface area contributed by atoms with Crippen LogP contribution in [0.25, 0.3) is 0 Å². The normalized spacial score (nSPS) is 17.6. The van der Waals surface area contributed by atoms with Gasteiger partial charge in [-0.15, -0.1) is 0 Å². The summed E-state index contributed by atoms with van der Waals surface area (Å²) in [6, 6.07) is 8.27. The lowest BCUT2D eigenvalue weighted by Gasteiger charge is -2.30. The van der Waals surface area contributed by atoms with Gasteiger partial charge in [0.2, 0.25) is 0 Å². The molecular formula is C13H20N4. The van der Waals surface area contributed by atoms with Crippen LogP contribution in [0.2, 0.25) is 0 Å². The third-order valence-electron chi connectivity index (χ3n) is 3.05. The fourth-order valence-electron chi connectivity index (χ4n) is 1.80. The summed E-state index contributed by atoms with van der Waals surface area (Å²) in [6.07, 6.45) is 1.94. The molecule has 2 rings (SSSR count). The van der Waals surface area contributed by atoms with Gasteiger partial charge in [0.25, 0.3) is 0 Å². The number of hydrogen-bond acceptors (Lipinski definition) is 4. The Labute approximate surface area is 103 Å². The molecule has 1 heterocycles. The third-order valence-corrected chi connectivity index (χ3v) is 3.05. The Morgan fingerprint density at radius 2 is 1.76 bits per heavy atom. The molecular weight excluding hydrogens is 212 g/mol. The molecule has 0 radical (unpaired) electrons. The largest absolute Gasteiger partial charge is 0.388 e. The minimum absolute atomic E-state index is 1.02. The van der Waals surface area contributed by atoms with Crippen molar-refractivity contribution < 1.29 is 0 Å². The van der Waals surface area contributed by atoms with Gasteiger partial charge in [0, 0.05) is 38.9 Å². The van der Waals surface area contributed by atoms with Crippen molar-refractivity contribution in [2.75, 3.05) is 45.6 Å². The second-order valence-corrected chi connectivity index (χ2v) is 4.37. The smallest absolute Gasteiger partial charge is 0.0542 e. The summed E-state index contributed by atoms with van der Waals surface area (Å²) in [5.41, 5.74) is 2.27. The van der Waals surface area contributed by atoms with E-state index in [0.29, 0.717) is 0 Å². The number of hydrogen-bond donors (Lipinski definition) is 1. The van der Waals surface area contributed by atoms with E-state index < -0.39 is 0 Å². The number of nitrogens with zero attached hydrogens (tertiary/aromatic N) is 3. The number of likely N-dealkylation sites (N-methyl/N-ethyl adjacent to an activating group) is 1. The van der Waals surface area contributed by atoms with Gasteiger partial charge in [0.1, 0.15) is 0 Å². The van der Waals surface area contributed by atoms with Gasteiger partial charge in [0.05, 0.1) is 6.21 Å². The first-order chi connectivity index (χ1) is 8.28. The summed E-state index contributed by atoms with van der Waals surface area (Å²) >= 11 is 0. The average molecular weight is 232 g/mol. The molecule has 17 heavy (non-hydrogen) atoms. The number of anilines is 1. The number of hydrazone groups is 1. The Kier molecular flexibility index (Phi) is 3.98. The highest BCUT2D eigenvalue weighted by Crippen LogP contribution is 2.07. The molecule has 1 N–H and O–H groups in total. The van der Waals surface area contributed by atoms with Crippen molar-refractivity contribution in [3.63, 3.8) is 0 Å². The molecule has 0 aromatic heterocycles. The monoisotopic (exact) mass is 232 g/mol. The topological polar surface area (TPSA) is 30.9 Å². The first kappa shape index (κ1) is 11.9. The number of nitrogens with one attached hydrogen (secondary N) is 1. The van der Waals surface area contributed by atoms with Crippen LogP contribution < -0.4 is 5.32 Å². The first-order valence-corrected chi connectivity index (χ1v) is 6.03. The van der Waals surface area contributed by atoms with Crippen molar-refractivity contribution in [2.45, 2.75) is 0 Å². The van der Waals surface area contributed by atoms with Crippen molar-refractivity contribution >= 4 is 11.9 Å². The summed E-state index contributed by atoms with van der Waals surface area (Å²) in [6.45, 7) is 4.22. The van der Waals surface area contributed by atoms with Crippen molar-refractivity contribution in [1.29, 1.82) is 0 Å². The molecule has 92 valence electrons. The molecule has 0 unspecified atom stereocenters. The molecule has 0 spiro atoms. The predicted octanol–water partition coefficient (Wildman–Crippen LogP) is 1.31. The van der Waals surface area contributed by atoms with Gasteiger partial charge in [-0.25, -0.2) is 0 Å². The van der Waals surface area contributed by atoms with E-state index in [0.717, 1.165) is 37.4 Å². The molecule has 0 amide bonds. The fourth-order valence-corrected chi connectivity index (χ4v) is 1.80. The lowest BCUT2D eigenvalue weighted by atomic mass is 10.2. The maximum atomic E-state index is 4.50. The van der Waals surface area contributed by atoms with Crippen LogP contribution in [0, 0.1) is 0 Å². The Morgan fingerprint density at radius 3 is 2.35 bits per heavy atom. The second-order valence-electron chi connectivity index (χ2n) is 4.37. The maximum absolute atomic E-state index is 4.50. The number of benzene rings is 1. The van der Waals surface area contributed by atoms with E-state index in [-0.39, 0.29) is 0 Å². The van der Waals surface area contributed by atoms with E-state index in [4.69, 9.17) is 0 Å². The summed E-state index contributed by atoms with van der Waals surface area (Å²) in [5, 5.41) is 9.74. The average Bonchev–Trinajstić information content (AvgIpc) is 2.39. The van der Waals surface area contributed by atoms with E-state index in [1.807, 2.05) is 13.3 Å². The third kappa shape index (κ3) is 3.46. The second kappa shape index (κ2) is 5.68. The Hall–Kier alpha value is -1.55. The van der Waals surface area contributed by atoms with Crippen LogP contribution in [0.15, 0.2) is 29.4 Å². The van der Waals surface area contributed by atoms with Gasteiger partial charge < -0.3 is 10.2 Å². The van der Waals surface area contributed by atoms with Crippen LogP contribution in [-0.2, 0) is 0 Å². The number of piperazine rings is 1.